The van der Waals surface area contributed by atoms with E-state index in [4.69, 9.17) is 9.47 Å². The van der Waals surface area contributed by atoms with Gasteiger partial charge in [-0.1, -0.05) is 19.3 Å². The van der Waals surface area contributed by atoms with E-state index in [-0.39, 0.29) is 11.8 Å². The Kier molecular flexibility index (Phi) is 5.76. The smallest absolute Gasteiger partial charge is 0.224 e. The molecule has 0 bridgehead atoms. The van der Waals surface area contributed by atoms with E-state index in [1.807, 2.05) is 9.80 Å². The quantitative estimate of drug-likeness (QED) is 0.786. The van der Waals surface area contributed by atoms with Crippen molar-refractivity contribution in [1.82, 2.24) is 9.80 Å². The van der Waals surface area contributed by atoms with Crippen molar-refractivity contribution < 1.29 is 19.1 Å². The van der Waals surface area contributed by atoms with Crippen molar-refractivity contribution in [3.05, 3.63) is 0 Å². The van der Waals surface area contributed by atoms with E-state index < -0.39 is 5.79 Å². The highest BCUT2D eigenvalue weighted by Crippen LogP contribution is 2.31. The van der Waals surface area contributed by atoms with E-state index in [2.05, 4.69) is 0 Å². The van der Waals surface area contributed by atoms with Crippen molar-refractivity contribution in [3.8, 4) is 0 Å². The van der Waals surface area contributed by atoms with Crippen LogP contribution in [0.1, 0.15) is 58.3 Å². The van der Waals surface area contributed by atoms with Crippen molar-refractivity contribution in [1.29, 1.82) is 0 Å². The van der Waals surface area contributed by atoms with E-state index in [1.54, 1.807) is 6.92 Å². The molecule has 3 fully saturated rings. The summed E-state index contributed by atoms with van der Waals surface area (Å²) in [6, 6.07) is 0.328. The molecule has 0 unspecified atom stereocenters. The summed E-state index contributed by atoms with van der Waals surface area (Å²) < 4.78 is 11.4. The Morgan fingerprint density at radius 2 is 1.71 bits per heavy atom. The fourth-order valence-electron chi connectivity index (χ4n) is 4.25. The summed E-state index contributed by atoms with van der Waals surface area (Å²) >= 11 is 0. The lowest BCUT2D eigenvalue weighted by Gasteiger charge is -2.38. The second kappa shape index (κ2) is 7.83. The Hall–Kier alpha value is -1.14. The van der Waals surface area contributed by atoms with E-state index in [0.29, 0.717) is 45.3 Å². The van der Waals surface area contributed by atoms with Crippen molar-refractivity contribution in [2.45, 2.75) is 70.1 Å². The molecule has 2 saturated heterocycles. The van der Waals surface area contributed by atoms with E-state index in [1.165, 1.54) is 19.3 Å². The number of carbonyl (C=O) groups excluding carboxylic acids is 2. The minimum atomic E-state index is -0.440. The predicted octanol–water partition coefficient (Wildman–Crippen LogP) is 1.92. The Labute approximate surface area is 144 Å². The van der Waals surface area contributed by atoms with Crippen molar-refractivity contribution in [2.75, 3.05) is 32.8 Å². The molecule has 0 aromatic heterocycles. The summed E-state index contributed by atoms with van der Waals surface area (Å²) in [5.74, 6) is -0.199. The predicted molar refractivity (Wildman–Crippen MR) is 89.3 cm³/mol. The molecule has 0 N–H and O–H groups in total. The van der Waals surface area contributed by atoms with Crippen LogP contribution < -0.4 is 0 Å². The first-order chi connectivity index (χ1) is 11.6. The summed E-state index contributed by atoms with van der Waals surface area (Å²) in [7, 11) is 0. The Morgan fingerprint density at radius 3 is 2.29 bits per heavy atom. The third kappa shape index (κ3) is 4.09. The van der Waals surface area contributed by atoms with Gasteiger partial charge in [0.25, 0.3) is 0 Å². The molecule has 6 heteroatoms. The second-order valence-electron chi connectivity index (χ2n) is 7.24. The molecule has 2 aliphatic heterocycles. The first-order valence-corrected chi connectivity index (χ1v) is 9.43. The zero-order valence-corrected chi connectivity index (χ0v) is 14.8. The number of rotatable bonds is 4. The van der Waals surface area contributed by atoms with Gasteiger partial charge in [0.05, 0.1) is 13.2 Å². The van der Waals surface area contributed by atoms with Gasteiger partial charge in [0.1, 0.15) is 0 Å². The van der Waals surface area contributed by atoms with E-state index in [9.17, 15) is 9.59 Å². The number of piperidine rings is 1. The SMILES string of the molecule is CC(=O)N(CCC(=O)N1CCC2(CC1)OCCO2)C1CCCCC1. The van der Waals surface area contributed by atoms with E-state index >= 15 is 0 Å². The second-order valence-corrected chi connectivity index (χ2v) is 7.24. The van der Waals surface area contributed by atoms with Crippen LogP contribution in [-0.4, -0.2) is 66.3 Å². The topological polar surface area (TPSA) is 59.1 Å². The maximum Gasteiger partial charge on any atom is 0.224 e. The maximum absolute atomic E-state index is 12.5. The molecule has 2 amide bonds. The van der Waals surface area contributed by atoms with Gasteiger partial charge in [-0.2, -0.15) is 0 Å². The van der Waals surface area contributed by atoms with Crippen LogP contribution in [0.4, 0.5) is 0 Å². The molecule has 24 heavy (non-hydrogen) atoms. The van der Waals surface area contributed by atoms with Crippen LogP contribution in [-0.2, 0) is 19.1 Å². The molecule has 2 heterocycles. The third-order valence-corrected chi connectivity index (χ3v) is 5.68. The van der Waals surface area contributed by atoms with Gasteiger partial charge in [-0.05, 0) is 12.8 Å². The molecule has 0 aromatic carbocycles. The van der Waals surface area contributed by atoms with Gasteiger partial charge in [0, 0.05) is 51.9 Å². The standard InChI is InChI=1S/C18H30N2O4/c1-15(21)20(16-5-3-2-4-6-16)10-7-17(22)19-11-8-18(9-12-19)23-13-14-24-18/h16H,2-14H2,1H3. The van der Waals surface area contributed by atoms with Gasteiger partial charge in [0.15, 0.2) is 5.79 Å². The van der Waals surface area contributed by atoms with Crippen LogP contribution in [0.15, 0.2) is 0 Å². The lowest BCUT2D eigenvalue weighted by molar-refractivity contribution is -0.187. The molecule has 3 aliphatic rings. The summed E-state index contributed by atoms with van der Waals surface area (Å²) in [6.45, 7) is 4.85. The molecule has 0 radical (unpaired) electrons. The van der Waals surface area contributed by atoms with Gasteiger partial charge in [-0.3, -0.25) is 9.59 Å². The van der Waals surface area contributed by atoms with Gasteiger partial charge < -0.3 is 19.3 Å². The highest BCUT2D eigenvalue weighted by atomic mass is 16.7. The molecule has 1 aliphatic carbocycles. The molecule has 6 nitrogen and oxygen atoms in total. The van der Waals surface area contributed by atoms with Gasteiger partial charge in [-0.15, -0.1) is 0 Å². The van der Waals surface area contributed by atoms with Crippen LogP contribution >= 0.6 is 0 Å². The minimum Gasteiger partial charge on any atom is -0.347 e. The highest BCUT2D eigenvalue weighted by Gasteiger charge is 2.40. The average Bonchev–Trinajstić information content (AvgIpc) is 3.04. The molecular formula is C18H30N2O4. The lowest BCUT2D eigenvalue weighted by atomic mass is 9.94. The number of ether oxygens (including phenoxy) is 2. The van der Waals surface area contributed by atoms with Crippen molar-refractivity contribution in [3.63, 3.8) is 0 Å². The zero-order valence-electron chi connectivity index (χ0n) is 14.8. The largest absolute Gasteiger partial charge is 0.347 e. The van der Waals surface area contributed by atoms with Crippen molar-refractivity contribution >= 4 is 11.8 Å². The monoisotopic (exact) mass is 338 g/mol. The van der Waals surface area contributed by atoms with Crippen LogP contribution in [0, 0.1) is 0 Å². The number of nitrogens with zero attached hydrogens (tertiary/aromatic N) is 2. The van der Waals surface area contributed by atoms with Crippen LogP contribution in [0.3, 0.4) is 0 Å². The third-order valence-electron chi connectivity index (χ3n) is 5.68. The minimum absolute atomic E-state index is 0.0973. The normalized spacial score (nSPS) is 24.3. The number of hydrogen-bond donors (Lipinski definition) is 0. The van der Waals surface area contributed by atoms with Crippen LogP contribution in [0.5, 0.6) is 0 Å². The number of likely N-dealkylation sites (tertiary alicyclic amines) is 1. The summed E-state index contributed by atoms with van der Waals surface area (Å²) in [5, 5.41) is 0. The zero-order chi connectivity index (χ0) is 17.0. The Balaban J connectivity index is 1.46. The fourth-order valence-corrected chi connectivity index (χ4v) is 4.25. The molecule has 136 valence electrons. The summed E-state index contributed by atoms with van der Waals surface area (Å²) in [4.78, 5) is 28.3. The highest BCUT2D eigenvalue weighted by molar-refractivity contribution is 5.78. The summed E-state index contributed by atoms with van der Waals surface area (Å²) in [5.41, 5.74) is 0. The van der Waals surface area contributed by atoms with E-state index in [0.717, 1.165) is 25.7 Å². The average molecular weight is 338 g/mol. The number of amides is 2. The van der Waals surface area contributed by atoms with Gasteiger partial charge in [0.2, 0.25) is 11.8 Å². The fraction of sp³-hybridized carbons (Fsp3) is 0.889. The maximum atomic E-state index is 12.5. The number of hydrogen-bond acceptors (Lipinski definition) is 4. The molecule has 0 atom stereocenters. The molecule has 0 aromatic rings. The number of carbonyl (C=O) groups is 2. The molecule has 1 saturated carbocycles. The van der Waals surface area contributed by atoms with Gasteiger partial charge in [-0.25, -0.2) is 0 Å². The van der Waals surface area contributed by atoms with Crippen molar-refractivity contribution in [2.24, 2.45) is 0 Å². The van der Waals surface area contributed by atoms with Gasteiger partial charge >= 0.3 is 0 Å². The first-order valence-electron chi connectivity index (χ1n) is 9.43. The molecule has 1 spiro atoms. The Bertz CT molecular complexity index is 446. The first kappa shape index (κ1) is 17.7. The summed E-state index contributed by atoms with van der Waals surface area (Å²) in [6.07, 6.45) is 7.72. The lowest BCUT2D eigenvalue weighted by Crippen LogP contribution is -2.48. The Morgan fingerprint density at radius 1 is 1.08 bits per heavy atom. The van der Waals surface area contributed by atoms with Crippen LogP contribution in [0.25, 0.3) is 0 Å². The molecule has 3 rings (SSSR count). The molecular weight excluding hydrogens is 308 g/mol. The van der Waals surface area contributed by atoms with Crippen LogP contribution in [0.2, 0.25) is 0 Å².